The number of hydrogen-bond donors (Lipinski definition) is 2. The minimum absolute atomic E-state index is 0.155. The van der Waals surface area contributed by atoms with Crippen LogP contribution >= 0.6 is 0 Å². The first-order valence-electron chi connectivity index (χ1n) is 7.49. The number of aromatic nitrogens is 1. The molecule has 2 amide bonds. The Balaban J connectivity index is 1.81. The average Bonchev–Trinajstić information content (AvgIpc) is 3.03. The maximum atomic E-state index is 12.4. The monoisotopic (exact) mass is 323 g/mol. The van der Waals surface area contributed by atoms with Gasteiger partial charge in [-0.15, -0.1) is 0 Å². The lowest BCUT2D eigenvalue weighted by Gasteiger charge is -2.20. The van der Waals surface area contributed by atoms with Gasteiger partial charge in [0.15, 0.2) is 0 Å². The Labute approximate surface area is 139 Å². The number of nitrogens with one attached hydrogen (secondary N) is 1. The number of benzene rings is 1. The fraction of sp³-hybridized carbons (Fsp3) is 0.176. The van der Waals surface area contributed by atoms with Crippen LogP contribution in [0.15, 0.2) is 53.8 Å². The molecule has 3 N–H and O–H groups in total. The van der Waals surface area contributed by atoms with Crippen molar-refractivity contribution in [3.8, 4) is 0 Å². The number of anilines is 2. The number of aryl methyl sites for hydroxylation is 1. The molecule has 3 rings (SSSR count). The second kappa shape index (κ2) is 6.49. The van der Waals surface area contributed by atoms with Gasteiger partial charge < -0.3 is 11.1 Å². The minimum Gasteiger partial charge on any atom is -0.368 e. The van der Waals surface area contributed by atoms with Gasteiger partial charge in [-0.1, -0.05) is 24.3 Å². The van der Waals surface area contributed by atoms with Crippen LogP contribution in [-0.4, -0.2) is 28.6 Å². The highest BCUT2D eigenvalue weighted by molar-refractivity contribution is 6.44. The molecule has 1 atom stereocenters. The number of para-hydroxylation sites is 1. The van der Waals surface area contributed by atoms with E-state index in [0.29, 0.717) is 11.5 Å². The van der Waals surface area contributed by atoms with Crippen LogP contribution in [0, 0.1) is 6.92 Å². The van der Waals surface area contributed by atoms with Gasteiger partial charge in [0.25, 0.3) is 5.91 Å². The Kier molecular flexibility index (Phi) is 4.24. The maximum absolute atomic E-state index is 12.4. The van der Waals surface area contributed by atoms with Crippen LogP contribution in [0.1, 0.15) is 12.0 Å². The summed E-state index contributed by atoms with van der Waals surface area (Å²) < 4.78 is 0. The number of nitrogens with zero attached hydrogens (tertiary/aromatic N) is 3. The summed E-state index contributed by atoms with van der Waals surface area (Å²) in [6, 6.07) is 12.0. The van der Waals surface area contributed by atoms with Crippen LogP contribution in [-0.2, 0) is 9.59 Å². The molecular weight excluding hydrogens is 306 g/mol. The van der Waals surface area contributed by atoms with Gasteiger partial charge in [0.1, 0.15) is 17.6 Å². The molecule has 122 valence electrons. The summed E-state index contributed by atoms with van der Waals surface area (Å²) >= 11 is 0. The van der Waals surface area contributed by atoms with Gasteiger partial charge in [0.2, 0.25) is 5.91 Å². The highest BCUT2D eigenvalue weighted by Crippen LogP contribution is 2.24. The van der Waals surface area contributed by atoms with Gasteiger partial charge in [0, 0.05) is 12.6 Å². The van der Waals surface area contributed by atoms with Crippen molar-refractivity contribution in [2.45, 2.75) is 19.4 Å². The van der Waals surface area contributed by atoms with E-state index >= 15 is 0 Å². The lowest BCUT2D eigenvalue weighted by atomic mass is 10.1. The molecule has 0 fully saturated rings. The van der Waals surface area contributed by atoms with E-state index < -0.39 is 17.9 Å². The number of nitrogens with two attached hydrogens (primary N) is 1. The molecule has 24 heavy (non-hydrogen) atoms. The van der Waals surface area contributed by atoms with Gasteiger partial charge >= 0.3 is 0 Å². The minimum atomic E-state index is -0.681. The summed E-state index contributed by atoms with van der Waals surface area (Å²) in [5, 5.41) is 8.45. The largest absolute Gasteiger partial charge is 0.368 e. The molecule has 7 heteroatoms. The van der Waals surface area contributed by atoms with E-state index in [1.54, 1.807) is 12.3 Å². The zero-order valence-electron chi connectivity index (χ0n) is 13.1. The van der Waals surface area contributed by atoms with E-state index in [1.165, 1.54) is 5.01 Å². The molecule has 0 spiro atoms. The zero-order valence-corrected chi connectivity index (χ0v) is 13.1. The number of carbonyl (C=O) groups excluding carboxylic acids is 2. The molecule has 7 nitrogen and oxygen atoms in total. The third-order valence-electron chi connectivity index (χ3n) is 3.67. The van der Waals surface area contributed by atoms with E-state index in [2.05, 4.69) is 15.4 Å². The van der Waals surface area contributed by atoms with Crippen LogP contribution in [0.2, 0.25) is 0 Å². The van der Waals surface area contributed by atoms with Crippen molar-refractivity contribution in [3.05, 3.63) is 54.2 Å². The molecule has 1 aliphatic heterocycles. The molecule has 0 saturated heterocycles. The number of hydrazone groups is 1. The summed E-state index contributed by atoms with van der Waals surface area (Å²) in [5.74, 6) is -0.489. The predicted octanol–water partition coefficient (Wildman–Crippen LogP) is 1.45. The van der Waals surface area contributed by atoms with E-state index in [9.17, 15) is 9.59 Å². The van der Waals surface area contributed by atoms with E-state index in [4.69, 9.17) is 5.73 Å². The Morgan fingerprint density at radius 2 is 1.96 bits per heavy atom. The molecule has 0 aliphatic carbocycles. The van der Waals surface area contributed by atoms with Crippen molar-refractivity contribution >= 4 is 29.0 Å². The van der Waals surface area contributed by atoms with Gasteiger partial charge in [0.05, 0.1) is 5.69 Å². The third-order valence-corrected chi connectivity index (χ3v) is 3.67. The standard InChI is InChI=1S/C17H17N5O2/c1-11-7-8-15(19-10-11)20-17(24)13-9-14(16(18)23)22(21-13)12-5-3-2-4-6-12/h2-8,10,14H,9H2,1H3,(H2,18,23)(H,19,20,24). The van der Waals surface area contributed by atoms with Gasteiger partial charge in [-0.2, -0.15) is 5.10 Å². The molecule has 0 bridgehead atoms. The second-order valence-corrected chi connectivity index (χ2v) is 5.52. The average molecular weight is 323 g/mol. The van der Waals surface area contributed by atoms with E-state index in [-0.39, 0.29) is 12.1 Å². The third kappa shape index (κ3) is 3.24. The number of amides is 2. The molecule has 2 aromatic rings. The number of hydrogen-bond acceptors (Lipinski definition) is 5. The highest BCUT2D eigenvalue weighted by atomic mass is 16.2. The van der Waals surface area contributed by atoms with Crippen molar-refractivity contribution < 1.29 is 9.59 Å². The SMILES string of the molecule is Cc1ccc(NC(=O)C2=NN(c3ccccc3)C(C(N)=O)C2)nc1. The van der Waals surface area contributed by atoms with Crippen LogP contribution in [0.5, 0.6) is 0 Å². The van der Waals surface area contributed by atoms with E-state index in [1.807, 2.05) is 43.3 Å². The maximum Gasteiger partial charge on any atom is 0.273 e. The lowest BCUT2D eigenvalue weighted by molar-refractivity contribution is -0.119. The van der Waals surface area contributed by atoms with Crippen LogP contribution in [0.25, 0.3) is 0 Å². The zero-order chi connectivity index (χ0) is 17.1. The first-order chi connectivity index (χ1) is 11.5. The number of rotatable bonds is 4. The first kappa shape index (κ1) is 15.7. The summed E-state index contributed by atoms with van der Waals surface area (Å²) in [4.78, 5) is 28.2. The summed E-state index contributed by atoms with van der Waals surface area (Å²) in [6.45, 7) is 1.91. The lowest BCUT2D eigenvalue weighted by Crippen LogP contribution is -2.39. The van der Waals surface area contributed by atoms with Crippen LogP contribution in [0.3, 0.4) is 0 Å². The Bertz CT molecular complexity index is 786. The first-order valence-corrected chi connectivity index (χ1v) is 7.49. The Morgan fingerprint density at radius 1 is 1.21 bits per heavy atom. The topological polar surface area (TPSA) is 101 Å². The molecule has 1 unspecified atom stereocenters. The fourth-order valence-corrected chi connectivity index (χ4v) is 2.42. The molecule has 0 saturated carbocycles. The number of carbonyl (C=O) groups is 2. The molecule has 2 heterocycles. The predicted molar refractivity (Wildman–Crippen MR) is 91.6 cm³/mol. The molecule has 1 aromatic carbocycles. The number of pyridine rings is 1. The molecule has 1 aliphatic rings. The van der Waals surface area contributed by atoms with Crippen molar-refractivity contribution in [1.82, 2.24) is 4.98 Å². The quantitative estimate of drug-likeness (QED) is 0.889. The van der Waals surface area contributed by atoms with Crippen molar-refractivity contribution in [2.75, 3.05) is 10.3 Å². The molecular formula is C17H17N5O2. The van der Waals surface area contributed by atoms with Crippen molar-refractivity contribution in [2.24, 2.45) is 10.8 Å². The fourth-order valence-electron chi connectivity index (χ4n) is 2.42. The van der Waals surface area contributed by atoms with Gasteiger partial charge in [-0.05, 0) is 30.7 Å². The van der Waals surface area contributed by atoms with Crippen molar-refractivity contribution in [3.63, 3.8) is 0 Å². The normalized spacial score (nSPS) is 16.6. The van der Waals surface area contributed by atoms with Crippen molar-refractivity contribution in [1.29, 1.82) is 0 Å². The smallest absolute Gasteiger partial charge is 0.273 e. The summed E-state index contributed by atoms with van der Waals surface area (Å²) in [5.41, 5.74) is 7.40. The summed E-state index contributed by atoms with van der Waals surface area (Å²) in [6.07, 6.45) is 1.82. The van der Waals surface area contributed by atoms with Crippen LogP contribution < -0.4 is 16.1 Å². The molecule has 1 aromatic heterocycles. The highest BCUT2D eigenvalue weighted by Gasteiger charge is 2.34. The van der Waals surface area contributed by atoms with Crippen LogP contribution in [0.4, 0.5) is 11.5 Å². The Morgan fingerprint density at radius 3 is 2.58 bits per heavy atom. The second-order valence-electron chi connectivity index (χ2n) is 5.52. The van der Waals surface area contributed by atoms with Gasteiger partial charge in [-0.3, -0.25) is 14.6 Å². The molecule has 0 radical (unpaired) electrons. The Hall–Kier alpha value is -3.22. The van der Waals surface area contributed by atoms with E-state index in [0.717, 1.165) is 5.56 Å². The summed E-state index contributed by atoms with van der Waals surface area (Å²) in [7, 11) is 0. The van der Waals surface area contributed by atoms with Gasteiger partial charge in [-0.25, -0.2) is 4.98 Å². The number of primary amides is 1.